The summed E-state index contributed by atoms with van der Waals surface area (Å²) in [6, 6.07) is 20.4. The predicted molar refractivity (Wildman–Crippen MR) is 110 cm³/mol. The molecule has 25 heavy (non-hydrogen) atoms. The van der Waals surface area contributed by atoms with Crippen LogP contribution in [0.4, 0.5) is 5.69 Å². The average molecular weight is 369 g/mol. The number of benzene rings is 2. The normalized spacial score (nSPS) is 11.6. The molecule has 1 aromatic heterocycles. The highest BCUT2D eigenvalue weighted by Gasteiger charge is 2.16. The molecule has 0 radical (unpaired) electrons. The van der Waals surface area contributed by atoms with Gasteiger partial charge < -0.3 is 15.4 Å². The minimum absolute atomic E-state index is 0.0267. The fourth-order valence-electron chi connectivity index (χ4n) is 2.51. The third-order valence-electron chi connectivity index (χ3n) is 3.86. The number of nitrogens with one attached hydrogen (secondary N) is 2. The zero-order chi connectivity index (χ0) is 17.6. The van der Waals surface area contributed by atoms with Crippen LogP contribution in [-0.4, -0.2) is 12.2 Å². The lowest BCUT2D eigenvalue weighted by molar-refractivity contribution is 0.415. The van der Waals surface area contributed by atoms with Gasteiger partial charge in [-0.15, -0.1) is 11.3 Å². The van der Waals surface area contributed by atoms with E-state index in [1.807, 2.05) is 24.3 Å². The summed E-state index contributed by atoms with van der Waals surface area (Å²) in [4.78, 5) is 1.22. The van der Waals surface area contributed by atoms with Crippen LogP contribution in [0.3, 0.4) is 0 Å². The van der Waals surface area contributed by atoms with Gasteiger partial charge in [-0.05, 0) is 60.4 Å². The first-order valence-electron chi connectivity index (χ1n) is 7.97. The van der Waals surface area contributed by atoms with Crippen molar-refractivity contribution in [3.8, 4) is 5.75 Å². The number of methoxy groups -OCH3 is 1. The minimum atomic E-state index is 0.0267. The van der Waals surface area contributed by atoms with E-state index in [4.69, 9.17) is 17.0 Å². The monoisotopic (exact) mass is 368 g/mol. The smallest absolute Gasteiger partial charge is 0.171 e. The van der Waals surface area contributed by atoms with Gasteiger partial charge in [0.1, 0.15) is 5.75 Å². The molecule has 1 heterocycles. The topological polar surface area (TPSA) is 33.3 Å². The quantitative estimate of drug-likeness (QED) is 0.611. The molecule has 3 aromatic rings. The third-order valence-corrected chi connectivity index (χ3v) is 5.02. The molecular formula is C20H20N2OS2. The molecule has 0 saturated carbocycles. The van der Waals surface area contributed by atoms with Crippen LogP contribution in [0.2, 0.25) is 0 Å². The van der Waals surface area contributed by atoms with Gasteiger partial charge in [0.05, 0.1) is 13.2 Å². The number of rotatable bonds is 5. The number of hydrogen-bond acceptors (Lipinski definition) is 3. The van der Waals surface area contributed by atoms with Gasteiger partial charge in [-0.25, -0.2) is 0 Å². The maximum absolute atomic E-state index is 5.52. The summed E-state index contributed by atoms with van der Waals surface area (Å²) < 4.78 is 5.18. The Balaban J connectivity index is 1.75. The molecule has 1 atom stereocenters. The standard InChI is InChI=1S/C20H20N2OS2/c1-14-5-7-15(8-6-14)19(18-4-3-13-25-18)22-20(24)21-16-9-11-17(23-2)12-10-16/h3-13,19H,1-2H3,(H2,21,22,24)/t19-/m1/s1. The van der Waals surface area contributed by atoms with E-state index in [-0.39, 0.29) is 6.04 Å². The number of thiocarbonyl (C=S) groups is 1. The fourth-order valence-corrected chi connectivity index (χ4v) is 3.54. The lowest BCUT2D eigenvalue weighted by Gasteiger charge is -2.21. The highest BCUT2D eigenvalue weighted by atomic mass is 32.1. The number of thiophene rings is 1. The molecule has 0 aliphatic rings. The van der Waals surface area contributed by atoms with E-state index >= 15 is 0 Å². The largest absolute Gasteiger partial charge is 0.497 e. The molecule has 0 aliphatic heterocycles. The molecule has 2 N–H and O–H groups in total. The summed E-state index contributed by atoms with van der Waals surface area (Å²) in [5.41, 5.74) is 3.35. The summed E-state index contributed by atoms with van der Waals surface area (Å²) in [5, 5.41) is 9.34. The number of aryl methyl sites for hydroxylation is 1. The highest BCUT2D eigenvalue weighted by Crippen LogP contribution is 2.26. The molecule has 0 amide bonds. The second-order valence-corrected chi connectivity index (χ2v) is 7.07. The number of anilines is 1. The van der Waals surface area contributed by atoms with E-state index < -0.39 is 0 Å². The molecule has 3 nitrogen and oxygen atoms in total. The van der Waals surface area contributed by atoms with E-state index in [2.05, 4.69) is 59.3 Å². The first kappa shape index (κ1) is 17.5. The lowest BCUT2D eigenvalue weighted by atomic mass is 10.0. The Hall–Kier alpha value is -2.37. The first-order chi connectivity index (χ1) is 12.2. The van der Waals surface area contributed by atoms with Crippen molar-refractivity contribution in [2.75, 3.05) is 12.4 Å². The van der Waals surface area contributed by atoms with Gasteiger partial charge >= 0.3 is 0 Å². The van der Waals surface area contributed by atoms with Gasteiger partial charge in [0, 0.05) is 10.6 Å². The molecular weight excluding hydrogens is 348 g/mol. The summed E-state index contributed by atoms with van der Waals surface area (Å²) in [7, 11) is 1.65. The van der Waals surface area contributed by atoms with Crippen LogP contribution < -0.4 is 15.4 Å². The third kappa shape index (κ3) is 4.59. The van der Waals surface area contributed by atoms with Crippen molar-refractivity contribution in [2.24, 2.45) is 0 Å². The second-order valence-electron chi connectivity index (χ2n) is 5.69. The number of ether oxygens (including phenoxy) is 1. The first-order valence-corrected chi connectivity index (χ1v) is 9.26. The van der Waals surface area contributed by atoms with Gasteiger partial charge in [0.25, 0.3) is 0 Å². The van der Waals surface area contributed by atoms with E-state index in [1.165, 1.54) is 16.0 Å². The molecule has 2 aromatic carbocycles. The Morgan fingerprint density at radius 3 is 2.36 bits per heavy atom. The van der Waals surface area contributed by atoms with Crippen molar-refractivity contribution in [2.45, 2.75) is 13.0 Å². The molecule has 0 saturated heterocycles. The van der Waals surface area contributed by atoms with Gasteiger partial charge in [0.2, 0.25) is 0 Å². The van der Waals surface area contributed by atoms with Crippen molar-refractivity contribution >= 4 is 34.4 Å². The number of hydrogen-bond donors (Lipinski definition) is 2. The van der Waals surface area contributed by atoms with Crippen molar-refractivity contribution in [3.63, 3.8) is 0 Å². The predicted octanol–water partition coefficient (Wildman–Crippen LogP) is 5.14. The molecule has 3 rings (SSSR count). The van der Waals surface area contributed by atoms with Crippen molar-refractivity contribution < 1.29 is 4.74 Å². The van der Waals surface area contributed by atoms with Gasteiger partial charge in [-0.3, -0.25) is 0 Å². The van der Waals surface area contributed by atoms with Crippen molar-refractivity contribution in [3.05, 3.63) is 82.0 Å². The van der Waals surface area contributed by atoms with E-state index in [0.717, 1.165) is 11.4 Å². The van der Waals surface area contributed by atoms with Crippen LogP contribution in [0.15, 0.2) is 66.0 Å². The minimum Gasteiger partial charge on any atom is -0.497 e. The van der Waals surface area contributed by atoms with E-state index in [0.29, 0.717) is 5.11 Å². The Bertz CT molecular complexity index is 812. The maximum atomic E-state index is 5.52. The zero-order valence-corrected chi connectivity index (χ0v) is 15.8. The van der Waals surface area contributed by atoms with Gasteiger partial charge in [-0.2, -0.15) is 0 Å². The zero-order valence-electron chi connectivity index (χ0n) is 14.2. The van der Waals surface area contributed by atoms with Crippen LogP contribution in [-0.2, 0) is 0 Å². The average Bonchev–Trinajstić information content (AvgIpc) is 3.15. The fraction of sp³-hybridized carbons (Fsp3) is 0.150. The Kier molecular flexibility index (Phi) is 5.68. The van der Waals surface area contributed by atoms with Crippen LogP contribution in [0, 0.1) is 6.92 Å². The van der Waals surface area contributed by atoms with Crippen molar-refractivity contribution in [1.29, 1.82) is 0 Å². The van der Waals surface area contributed by atoms with E-state index in [9.17, 15) is 0 Å². The molecule has 128 valence electrons. The Morgan fingerprint density at radius 1 is 1.04 bits per heavy atom. The van der Waals surface area contributed by atoms with Gasteiger partial charge in [0.15, 0.2) is 5.11 Å². The molecule has 0 bridgehead atoms. The van der Waals surface area contributed by atoms with Crippen LogP contribution in [0.5, 0.6) is 5.75 Å². The lowest BCUT2D eigenvalue weighted by Crippen LogP contribution is -2.32. The molecule has 0 aliphatic carbocycles. The second kappa shape index (κ2) is 8.14. The van der Waals surface area contributed by atoms with Crippen LogP contribution in [0.25, 0.3) is 0 Å². The summed E-state index contributed by atoms with van der Waals surface area (Å²) in [5.74, 6) is 0.820. The molecule has 0 fully saturated rings. The summed E-state index contributed by atoms with van der Waals surface area (Å²) in [6.45, 7) is 2.09. The summed E-state index contributed by atoms with van der Waals surface area (Å²) in [6.07, 6.45) is 0. The van der Waals surface area contributed by atoms with Crippen LogP contribution in [0.1, 0.15) is 22.0 Å². The highest BCUT2D eigenvalue weighted by molar-refractivity contribution is 7.80. The van der Waals surface area contributed by atoms with E-state index in [1.54, 1.807) is 18.4 Å². The molecule has 0 spiro atoms. The molecule has 5 heteroatoms. The maximum Gasteiger partial charge on any atom is 0.171 e. The Morgan fingerprint density at radius 2 is 1.76 bits per heavy atom. The Labute approximate surface area is 157 Å². The summed E-state index contributed by atoms with van der Waals surface area (Å²) >= 11 is 7.24. The van der Waals surface area contributed by atoms with Crippen molar-refractivity contribution in [1.82, 2.24) is 5.32 Å². The SMILES string of the molecule is COc1ccc(NC(=S)N[C@H](c2ccc(C)cc2)c2cccs2)cc1. The van der Waals surface area contributed by atoms with Crippen LogP contribution >= 0.6 is 23.6 Å². The van der Waals surface area contributed by atoms with Gasteiger partial charge in [-0.1, -0.05) is 35.9 Å². The molecule has 0 unspecified atom stereocenters.